The summed E-state index contributed by atoms with van der Waals surface area (Å²) in [6, 6.07) is 27.5. The first-order valence-corrected chi connectivity index (χ1v) is 21.4. The van der Waals surface area contributed by atoms with Gasteiger partial charge in [-0.05, 0) is 55.0 Å². The zero-order valence-electron chi connectivity index (χ0n) is 26.1. The van der Waals surface area contributed by atoms with Gasteiger partial charge in [0.05, 0.1) is 0 Å². The van der Waals surface area contributed by atoms with Crippen molar-refractivity contribution in [1.29, 1.82) is 0 Å². The molecule has 5 heteroatoms. The molecule has 0 saturated heterocycles. The van der Waals surface area contributed by atoms with E-state index in [-0.39, 0.29) is 16.2 Å². The maximum Gasteiger partial charge on any atom is 0.218 e. The maximum absolute atomic E-state index is 4.41. The molecule has 0 aliphatic heterocycles. The minimum atomic E-state index is -2.31. The molecule has 3 rings (SSSR count). The van der Waals surface area contributed by atoms with Crippen LogP contribution < -0.4 is 24.9 Å². The van der Waals surface area contributed by atoms with E-state index in [1.807, 2.05) is 0 Å². The van der Waals surface area contributed by atoms with Gasteiger partial charge >= 0.3 is 0 Å². The van der Waals surface area contributed by atoms with E-state index in [1.165, 1.54) is 32.3 Å². The van der Waals surface area contributed by atoms with Gasteiger partial charge < -0.3 is 9.30 Å². The van der Waals surface area contributed by atoms with Gasteiger partial charge in [-0.3, -0.25) is 0 Å². The highest BCUT2D eigenvalue weighted by molar-refractivity contribution is 7.01. The van der Waals surface area contributed by atoms with Crippen molar-refractivity contribution in [2.45, 2.75) is 98.2 Å². The van der Waals surface area contributed by atoms with Crippen LogP contribution in [0.15, 0.2) is 72.8 Å². The average Bonchev–Trinajstić information content (AvgIpc) is 2.82. The van der Waals surface area contributed by atoms with E-state index in [0.717, 1.165) is 0 Å². The normalized spacial score (nSPS) is 16.1. The fourth-order valence-corrected chi connectivity index (χ4v) is 20.6. The lowest BCUT2D eigenvalue weighted by Gasteiger charge is -2.40. The molecule has 2 unspecified atom stereocenters. The molecular formula is C33H52N2Si3. The summed E-state index contributed by atoms with van der Waals surface area (Å²) in [6.45, 7) is 28.6. The molecule has 38 heavy (non-hydrogen) atoms. The molecule has 2 N–H and O–H groups in total. The summed E-state index contributed by atoms with van der Waals surface area (Å²) in [4.78, 5) is 0. The molecule has 3 aromatic carbocycles. The lowest BCUT2D eigenvalue weighted by atomic mass is 9.87. The fraction of sp³-hybridized carbons (Fsp3) is 0.455. The van der Waals surface area contributed by atoms with E-state index in [0.29, 0.717) is 0 Å². The van der Waals surface area contributed by atoms with Crippen LogP contribution in [0, 0.1) is 0 Å². The zero-order valence-corrected chi connectivity index (χ0v) is 29.4. The Hall–Kier alpha value is -1.77. The second-order valence-corrected chi connectivity index (χ2v) is 23.6. The van der Waals surface area contributed by atoms with Gasteiger partial charge in [0, 0.05) is 0 Å². The Labute approximate surface area is 238 Å². The highest BCUT2D eigenvalue weighted by Gasteiger charge is 2.39. The van der Waals surface area contributed by atoms with E-state index >= 15 is 0 Å². The summed E-state index contributed by atoms with van der Waals surface area (Å²) in [7, 11) is -5.30. The van der Waals surface area contributed by atoms with Gasteiger partial charge in [0.2, 0.25) is 8.40 Å². The molecule has 206 valence electrons. The topological polar surface area (TPSA) is 24.1 Å². The van der Waals surface area contributed by atoms with E-state index in [2.05, 4.69) is 164 Å². The van der Waals surface area contributed by atoms with E-state index in [1.54, 1.807) is 0 Å². The Morgan fingerprint density at radius 2 is 0.816 bits per heavy atom. The second kappa shape index (κ2) is 11.4. The standard InChI is InChI=1S/C33H52N2Si3/c1-31(2,3)25-19-13-16-22-28(25)36(10)34-38(12,30-24-18-15-21-27(30)33(7,8)9)35-37(11)29-23-17-14-20-26(29)32(4,5)6/h13-24,34-37H,1-12H3. The smallest absolute Gasteiger partial charge is 0.218 e. The fourth-order valence-electron chi connectivity index (χ4n) is 5.91. The number of hydrogen-bond donors (Lipinski definition) is 2. The predicted molar refractivity (Wildman–Crippen MR) is 178 cm³/mol. The molecule has 0 heterocycles. The van der Waals surface area contributed by atoms with Crippen LogP contribution in [-0.2, 0) is 16.2 Å². The molecular weight excluding hydrogens is 509 g/mol. The van der Waals surface area contributed by atoms with Crippen molar-refractivity contribution in [2.75, 3.05) is 0 Å². The third-order valence-corrected chi connectivity index (χ3v) is 20.2. The summed E-state index contributed by atoms with van der Waals surface area (Å²) >= 11 is 0. The van der Waals surface area contributed by atoms with E-state index < -0.39 is 26.3 Å². The van der Waals surface area contributed by atoms with Crippen LogP contribution >= 0.6 is 0 Å². The first-order valence-electron chi connectivity index (χ1n) is 14.3. The lowest BCUT2D eigenvalue weighted by Crippen LogP contribution is -2.77. The molecule has 0 bridgehead atoms. The van der Waals surface area contributed by atoms with Crippen LogP contribution in [0.2, 0.25) is 19.6 Å². The van der Waals surface area contributed by atoms with Gasteiger partial charge in [-0.25, -0.2) is 0 Å². The summed E-state index contributed by atoms with van der Waals surface area (Å²) in [5.41, 5.74) is 4.76. The van der Waals surface area contributed by atoms with Gasteiger partial charge in [-0.2, -0.15) is 0 Å². The molecule has 0 saturated carbocycles. The Morgan fingerprint density at radius 3 is 1.18 bits per heavy atom. The lowest BCUT2D eigenvalue weighted by molar-refractivity contribution is 0.593. The summed E-state index contributed by atoms with van der Waals surface area (Å²) in [5, 5.41) is 4.59. The monoisotopic (exact) mass is 560 g/mol. The Morgan fingerprint density at radius 1 is 0.500 bits per heavy atom. The van der Waals surface area contributed by atoms with E-state index in [4.69, 9.17) is 0 Å². The van der Waals surface area contributed by atoms with Gasteiger partial charge in [-0.1, -0.05) is 148 Å². The molecule has 0 fully saturated rings. The number of nitrogens with one attached hydrogen (secondary N) is 2. The summed E-state index contributed by atoms with van der Waals surface area (Å²) < 4.78 is 8.82. The van der Waals surface area contributed by atoms with Gasteiger partial charge in [0.15, 0.2) is 0 Å². The first-order chi connectivity index (χ1) is 17.4. The molecule has 2 nitrogen and oxygen atoms in total. The molecule has 3 aromatic rings. The SMILES string of the molecule is C[SiH](N[Si](C)(N[SiH](C)c1ccccc1C(C)(C)C)c1ccccc1C(C)(C)C)c1ccccc1C(C)(C)C. The molecule has 0 aliphatic carbocycles. The molecule has 0 spiro atoms. The second-order valence-electron chi connectivity index (χ2n) is 14.3. The van der Waals surface area contributed by atoms with Gasteiger partial charge in [-0.15, -0.1) is 0 Å². The largest absolute Gasteiger partial charge is 0.343 e. The molecule has 0 radical (unpaired) electrons. The van der Waals surface area contributed by atoms with Crippen molar-refractivity contribution in [3.05, 3.63) is 89.5 Å². The highest BCUT2D eigenvalue weighted by Crippen LogP contribution is 2.24. The maximum atomic E-state index is 4.41. The molecule has 2 atom stereocenters. The van der Waals surface area contributed by atoms with Crippen LogP contribution in [0.3, 0.4) is 0 Å². The highest BCUT2D eigenvalue weighted by atomic mass is 28.4. The summed E-state index contributed by atoms with van der Waals surface area (Å²) in [5.74, 6) is 0. The minimum absolute atomic E-state index is 0.0798. The quantitative estimate of drug-likeness (QED) is 0.370. The average molecular weight is 561 g/mol. The van der Waals surface area contributed by atoms with Crippen molar-refractivity contribution in [3.63, 3.8) is 0 Å². The third-order valence-electron chi connectivity index (χ3n) is 7.75. The van der Waals surface area contributed by atoms with Crippen LogP contribution in [0.4, 0.5) is 0 Å². The van der Waals surface area contributed by atoms with Crippen LogP contribution in [-0.4, -0.2) is 26.3 Å². The zero-order chi connectivity index (χ0) is 28.5. The van der Waals surface area contributed by atoms with Crippen LogP contribution in [0.1, 0.15) is 79.0 Å². The Balaban J connectivity index is 2.14. The Bertz CT molecular complexity index is 1170. The van der Waals surface area contributed by atoms with Gasteiger partial charge in [0.25, 0.3) is 0 Å². The predicted octanol–water partition coefficient (Wildman–Crippen LogP) is 5.56. The van der Waals surface area contributed by atoms with Crippen LogP contribution in [0.25, 0.3) is 0 Å². The van der Waals surface area contributed by atoms with Crippen molar-refractivity contribution in [1.82, 2.24) is 9.30 Å². The molecule has 0 amide bonds. The summed E-state index contributed by atoms with van der Waals surface area (Å²) in [6.07, 6.45) is 0. The van der Waals surface area contributed by atoms with Crippen molar-refractivity contribution >= 4 is 41.9 Å². The third kappa shape index (κ3) is 7.05. The number of benzene rings is 3. The minimum Gasteiger partial charge on any atom is -0.343 e. The molecule has 0 aromatic heterocycles. The Kier molecular flexibility index (Phi) is 9.21. The van der Waals surface area contributed by atoms with Crippen molar-refractivity contribution < 1.29 is 0 Å². The van der Waals surface area contributed by atoms with Gasteiger partial charge in [0.1, 0.15) is 17.9 Å². The first kappa shape index (κ1) is 30.8. The molecule has 0 aliphatic rings. The van der Waals surface area contributed by atoms with E-state index in [9.17, 15) is 0 Å². The van der Waals surface area contributed by atoms with Crippen LogP contribution in [0.5, 0.6) is 0 Å². The van der Waals surface area contributed by atoms with Crippen molar-refractivity contribution in [3.8, 4) is 0 Å². The van der Waals surface area contributed by atoms with Crippen molar-refractivity contribution in [2.24, 2.45) is 0 Å². The number of rotatable bonds is 7. The number of hydrogen-bond acceptors (Lipinski definition) is 2.